The summed E-state index contributed by atoms with van der Waals surface area (Å²) in [7, 11) is 1.70. The number of benzene rings is 1. The van der Waals surface area contributed by atoms with Gasteiger partial charge in [-0.1, -0.05) is 12.8 Å². The van der Waals surface area contributed by atoms with Crippen molar-refractivity contribution in [2.24, 2.45) is 0 Å². The van der Waals surface area contributed by atoms with Crippen molar-refractivity contribution in [3.8, 4) is 5.75 Å². The lowest BCUT2D eigenvalue weighted by atomic mass is 10.0. The van der Waals surface area contributed by atoms with E-state index in [1.165, 1.54) is 0 Å². The van der Waals surface area contributed by atoms with Gasteiger partial charge in [0.1, 0.15) is 5.75 Å². The molecule has 0 spiro atoms. The van der Waals surface area contributed by atoms with Crippen LogP contribution < -0.4 is 10.5 Å². The van der Waals surface area contributed by atoms with Gasteiger partial charge in [0.2, 0.25) is 0 Å². The molecule has 0 heterocycles. The highest BCUT2D eigenvalue weighted by molar-refractivity contribution is 5.77. The van der Waals surface area contributed by atoms with E-state index in [4.69, 9.17) is 10.5 Å². The largest absolute Gasteiger partial charge is 0.484 e. The van der Waals surface area contributed by atoms with Crippen LogP contribution in [0.4, 0.5) is 5.69 Å². The van der Waals surface area contributed by atoms with Crippen molar-refractivity contribution in [3.63, 3.8) is 0 Å². The molecule has 110 valence electrons. The van der Waals surface area contributed by atoms with E-state index in [-0.39, 0.29) is 12.5 Å². The van der Waals surface area contributed by atoms with Gasteiger partial charge in [-0.2, -0.15) is 0 Å². The Bertz CT molecular complexity index is 453. The molecule has 1 aliphatic rings. The maximum absolute atomic E-state index is 12.0. The first-order chi connectivity index (χ1) is 9.48. The Morgan fingerprint density at radius 3 is 2.55 bits per heavy atom. The number of hydrogen-bond donors (Lipinski definition) is 2. The lowest BCUT2D eigenvalue weighted by molar-refractivity contribution is -0.135. The third-order valence-corrected chi connectivity index (χ3v) is 3.73. The van der Waals surface area contributed by atoms with Crippen LogP contribution in [-0.4, -0.2) is 41.7 Å². The molecule has 1 aliphatic carbocycles. The van der Waals surface area contributed by atoms with Gasteiger partial charge < -0.3 is 20.5 Å². The number of carbonyl (C=O) groups is 1. The average Bonchev–Trinajstić information content (AvgIpc) is 2.84. The lowest BCUT2D eigenvalue weighted by Crippen LogP contribution is -2.43. The standard InChI is InChI=1S/C15H22N2O3/c1-17(11-15(19)8-2-3-9-15)14(18)10-20-13-6-4-12(16)5-7-13/h4-7,19H,2-3,8-11,16H2,1H3. The van der Waals surface area contributed by atoms with Crippen molar-refractivity contribution in [3.05, 3.63) is 24.3 Å². The number of likely N-dealkylation sites (N-methyl/N-ethyl adjacent to an activating group) is 1. The highest BCUT2D eigenvalue weighted by atomic mass is 16.5. The van der Waals surface area contributed by atoms with Gasteiger partial charge in [0.25, 0.3) is 5.91 Å². The molecule has 1 aromatic carbocycles. The van der Waals surface area contributed by atoms with E-state index in [2.05, 4.69) is 0 Å². The van der Waals surface area contributed by atoms with E-state index in [1.807, 2.05) is 0 Å². The first-order valence-corrected chi connectivity index (χ1v) is 6.93. The Hall–Kier alpha value is -1.75. The number of rotatable bonds is 5. The first-order valence-electron chi connectivity index (χ1n) is 6.93. The van der Waals surface area contributed by atoms with Crippen LogP contribution in [0.25, 0.3) is 0 Å². The van der Waals surface area contributed by atoms with E-state index >= 15 is 0 Å². The van der Waals surface area contributed by atoms with Crippen molar-refractivity contribution < 1.29 is 14.6 Å². The van der Waals surface area contributed by atoms with Crippen LogP contribution in [0.15, 0.2) is 24.3 Å². The molecule has 1 fully saturated rings. The maximum atomic E-state index is 12.0. The van der Waals surface area contributed by atoms with Crippen molar-refractivity contribution in [1.29, 1.82) is 0 Å². The number of anilines is 1. The number of aliphatic hydroxyl groups is 1. The molecule has 1 amide bonds. The van der Waals surface area contributed by atoms with Crippen LogP contribution in [0.2, 0.25) is 0 Å². The number of nitrogen functional groups attached to an aromatic ring is 1. The van der Waals surface area contributed by atoms with Crippen molar-refractivity contribution in [1.82, 2.24) is 4.90 Å². The molecule has 0 atom stereocenters. The van der Waals surface area contributed by atoms with Gasteiger partial charge in [0.05, 0.1) is 5.60 Å². The second-order valence-electron chi connectivity index (χ2n) is 5.54. The molecule has 0 saturated heterocycles. The summed E-state index contributed by atoms with van der Waals surface area (Å²) in [6.45, 7) is 0.341. The van der Waals surface area contributed by atoms with Gasteiger partial charge in [-0.3, -0.25) is 4.79 Å². The summed E-state index contributed by atoms with van der Waals surface area (Å²) in [5.74, 6) is 0.475. The monoisotopic (exact) mass is 278 g/mol. The zero-order chi connectivity index (χ0) is 14.6. The molecule has 5 heteroatoms. The van der Waals surface area contributed by atoms with Crippen LogP contribution in [0.3, 0.4) is 0 Å². The Balaban J connectivity index is 1.80. The third kappa shape index (κ3) is 3.87. The molecule has 5 nitrogen and oxygen atoms in total. The minimum Gasteiger partial charge on any atom is -0.484 e. The highest BCUT2D eigenvalue weighted by Gasteiger charge is 2.33. The summed E-state index contributed by atoms with van der Waals surface area (Å²) < 4.78 is 5.41. The Kier molecular flexibility index (Phi) is 4.49. The van der Waals surface area contributed by atoms with E-state index < -0.39 is 5.60 Å². The minimum atomic E-state index is -0.717. The molecule has 0 unspecified atom stereocenters. The van der Waals surface area contributed by atoms with E-state index in [0.717, 1.165) is 25.7 Å². The van der Waals surface area contributed by atoms with E-state index in [1.54, 1.807) is 36.2 Å². The Morgan fingerprint density at radius 2 is 1.95 bits per heavy atom. The molecule has 3 N–H and O–H groups in total. The smallest absolute Gasteiger partial charge is 0.260 e. The van der Waals surface area contributed by atoms with Gasteiger partial charge in [0.15, 0.2) is 6.61 Å². The van der Waals surface area contributed by atoms with Gasteiger partial charge >= 0.3 is 0 Å². The van der Waals surface area contributed by atoms with Gasteiger partial charge in [0, 0.05) is 19.3 Å². The van der Waals surface area contributed by atoms with Crippen LogP contribution >= 0.6 is 0 Å². The number of ether oxygens (including phenoxy) is 1. The molecule has 2 rings (SSSR count). The summed E-state index contributed by atoms with van der Waals surface area (Å²) >= 11 is 0. The zero-order valence-corrected chi connectivity index (χ0v) is 11.8. The fourth-order valence-corrected chi connectivity index (χ4v) is 2.54. The second-order valence-corrected chi connectivity index (χ2v) is 5.54. The maximum Gasteiger partial charge on any atom is 0.260 e. The zero-order valence-electron chi connectivity index (χ0n) is 11.8. The molecule has 1 saturated carbocycles. The number of amides is 1. The molecule has 20 heavy (non-hydrogen) atoms. The number of nitrogens with two attached hydrogens (primary N) is 1. The molecule has 0 radical (unpaired) electrons. The normalized spacial score (nSPS) is 16.9. The second kappa shape index (κ2) is 6.13. The average molecular weight is 278 g/mol. The van der Waals surface area contributed by atoms with Gasteiger partial charge in [-0.25, -0.2) is 0 Å². The van der Waals surface area contributed by atoms with E-state index in [9.17, 15) is 9.90 Å². The highest BCUT2D eigenvalue weighted by Crippen LogP contribution is 2.29. The summed E-state index contributed by atoms with van der Waals surface area (Å²) in [6.07, 6.45) is 3.59. The predicted molar refractivity (Wildman–Crippen MR) is 77.4 cm³/mol. The topological polar surface area (TPSA) is 75.8 Å². The van der Waals surface area contributed by atoms with Crippen LogP contribution in [0.1, 0.15) is 25.7 Å². The fraction of sp³-hybridized carbons (Fsp3) is 0.533. The molecular weight excluding hydrogens is 256 g/mol. The number of carbonyl (C=O) groups excluding carboxylic acids is 1. The van der Waals surface area contributed by atoms with Gasteiger partial charge in [-0.05, 0) is 37.1 Å². The summed E-state index contributed by atoms with van der Waals surface area (Å²) in [6, 6.07) is 6.91. The molecular formula is C15H22N2O3. The Labute approximate surface area is 119 Å². The van der Waals surface area contributed by atoms with E-state index in [0.29, 0.717) is 18.0 Å². The summed E-state index contributed by atoms with van der Waals surface area (Å²) in [4.78, 5) is 13.5. The van der Waals surface area contributed by atoms with Crippen LogP contribution in [-0.2, 0) is 4.79 Å². The fourth-order valence-electron chi connectivity index (χ4n) is 2.54. The molecule has 1 aromatic rings. The third-order valence-electron chi connectivity index (χ3n) is 3.73. The van der Waals surface area contributed by atoms with Crippen molar-refractivity contribution in [2.75, 3.05) is 25.9 Å². The number of nitrogens with zero attached hydrogens (tertiary/aromatic N) is 1. The van der Waals surface area contributed by atoms with Crippen LogP contribution in [0, 0.1) is 0 Å². The molecule has 0 aromatic heterocycles. The summed E-state index contributed by atoms with van der Waals surface area (Å²) in [5.41, 5.74) is 5.52. The summed E-state index contributed by atoms with van der Waals surface area (Å²) in [5, 5.41) is 10.3. The van der Waals surface area contributed by atoms with Crippen molar-refractivity contribution in [2.45, 2.75) is 31.3 Å². The first kappa shape index (κ1) is 14.7. The number of hydrogen-bond acceptors (Lipinski definition) is 4. The Morgan fingerprint density at radius 1 is 1.35 bits per heavy atom. The SMILES string of the molecule is CN(CC1(O)CCCC1)C(=O)COc1ccc(N)cc1. The lowest BCUT2D eigenvalue weighted by Gasteiger charge is -2.28. The molecule has 0 bridgehead atoms. The van der Waals surface area contributed by atoms with Crippen LogP contribution in [0.5, 0.6) is 5.75 Å². The minimum absolute atomic E-state index is 0.0313. The predicted octanol–water partition coefficient (Wildman–Crippen LogP) is 1.41. The quantitative estimate of drug-likeness (QED) is 0.799. The van der Waals surface area contributed by atoms with Crippen molar-refractivity contribution >= 4 is 11.6 Å². The van der Waals surface area contributed by atoms with Gasteiger partial charge in [-0.15, -0.1) is 0 Å². The molecule has 0 aliphatic heterocycles.